The molecule has 3 rings (SSSR count). The van der Waals surface area contributed by atoms with E-state index in [2.05, 4.69) is 9.55 Å². The van der Waals surface area contributed by atoms with E-state index >= 15 is 0 Å². The van der Waals surface area contributed by atoms with Crippen molar-refractivity contribution in [3.05, 3.63) is 30.1 Å². The number of benzene rings is 1. The van der Waals surface area contributed by atoms with Gasteiger partial charge in [0.05, 0.1) is 31.3 Å². The Morgan fingerprint density at radius 3 is 2.50 bits per heavy atom. The largest absolute Gasteiger partial charge is 0.496 e. The van der Waals surface area contributed by atoms with Crippen molar-refractivity contribution in [2.75, 3.05) is 25.7 Å². The van der Waals surface area contributed by atoms with Crippen LogP contribution in [0.15, 0.2) is 24.5 Å². The highest BCUT2D eigenvalue weighted by atomic mass is 32.2. The number of rotatable bonds is 4. The summed E-state index contributed by atoms with van der Waals surface area (Å²) in [6.45, 7) is 1.95. The molecule has 0 saturated carbocycles. The normalized spacial score (nSPS) is 17.6. The van der Waals surface area contributed by atoms with Crippen molar-refractivity contribution in [1.29, 1.82) is 0 Å². The molecule has 1 saturated heterocycles. The van der Waals surface area contributed by atoms with Crippen LogP contribution in [0.2, 0.25) is 0 Å². The van der Waals surface area contributed by atoms with Crippen LogP contribution in [0.1, 0.15) is 24.4 Å². The summed E-state index contributed by atoms with van der Waals surface area (Å²) in [5.74, 6) is 2.74. The molecule has 24 heavy (non-hydrogen) atoms. The van der Waals surface area contributed by atoms with E-state index < -0.39 is 9.84 Å². The van der Waals surface area contributed by atoms with Crippen LogP contribution in [-0.4, -0.2) is 43.7 Å². The SMILES string of the molecule is COc1ccc(-c2nccn2C2CCS(=O)(=O)CC2)c(OC)c1C. The van der Waals surface area contributed by atoms with Crippen molar-refractivity contribution in [3.8, 4) is 22.9 Å². The Labute approximate surface area is 142 Å². The summed E-state index contributed by atoms with van der Waals surface area (Å²) in [4.78, 5) is 4.50. The van der Waals surface area contributed by atoms with Crippen LogP contribution in [0.3, 0.4) is 0 Å². The van der Waals surface area contributed by atoms with Gasteiger partial charge in [-0.2, -0.15) is 0 Å². The zero-order chi connectivity index (χ0) is 17.3. The minimum absolute atomic E-state index is 0.137. The first-order valence-electron chi connectivity index (χ1n) is 7.92. The number of hydrogen-bond donors (Lipinski definition) is 0. The lowest BCUT2D eigenvalue weighted by Crippen LogP contribution is -2.25. The van der Waals surface area contributed by atoms with Crippen molar-refractivity contribution in [2.24, 2.45) is 0 Å². The average Bonchev–Trinajstić information content (AvgIpc) is 3.03. The van der Waals surface area contributed by atoms with Gasteiger partial charge in [0.25, 0.3) is 0 Å². The first kappa shape index (κ1) is 16.8. The van der Waals surface area contributed by atoms with Gasteiger partial charge in [0.2, 0.25) is 0 Å². The quantitative estimate of drug-likeness (QED) is 0.848. The number of hydrogen-bond acceptors (Lipinski definition) is 5. The third-order valence-electron chi connectivity index (χ3n) is 4.61. The third-order valence-corrected chi connectivity index (χ3v) is 6.32. The Hall–Kier alpha value is -2.02. The molecule has 0 bridgehead atoms. The van der Waals surface area contributed by atoms with Crippen molar-refractivity contribution < 1.29 is 17.9 Å². The molecule has 6 nitrogen and oxygen atoms in total. The summed E-state index contributed by atoms with van der Waals surface area (Å²) in [5, 5.41) is 0. The highest BCUT2D eigenvalue weighted by molar-refractivity contribution is 7.91. The van der Waals surface area contributed by atoms with Crippen LogP contribution in [0.5, 0.6) is 11.5 Å². The maximum Gasteiger partial charge on any atom is 0.150 e. The number of ether oxygens (including phenoxy) is 2. The Kier molecular flexibility index (Phi) is 4.54. The van der Waals surface area contributed by atoms with Crippen molar-refractivity contribution in [3.63, 3.8) is 0 Å². The topological polar surface area (TPSA) is 70.4 Å². The number of imidazole rings is 1. The predicted molar refractivity (Wildman–Crippen MR) is 92.4 cm³/mol. The van der Waals surface area contributed by atoms with E-state index in [0.717, 1.165) is 28.5 Å². The highest BCUT2D eigenvalue weighted by Gasteiger charge is 2.27. The molecule has 0 aliphatic carbocycles. The minimum Gasteiger partial charge on any atom is -0.496 e. The molecule has 2 heterocycles. The standard InChI is InChI=1S/C17H22N2O4S/c1-12-15(22-2)5-4-14(16(12)23-3)17-18-8-9-19(17)13-6-10-24(20,21)11-7-13/h4-5,8-9,13H,6-7,10-11H2,1-3H3. The summed E-state index contributed by atoms with van der Waals surface area (Å²) >= 11 is 0. The average molecular weight is 350 g/mol. The second-order valence-electron chi connectivity index (χ2n) is 6.01. The van der Waals surface area contributed by atoms with Gasteiger partial charge >= 0.3 is 0 Å². The summed E-state index contributed by atoms with van der Waals surface area (Å²) < 4.78 is 36.4. The Balaban J connectivity index is 2.01. The van der Waals surface area contributed by atoms with Crippen LogP contribution >= 0.6 is 0 Å². The summed E-state index contributed by atoms with van der Waals surface area (Å²) in [7, 11) is 0.373. The third kappa shape index (κ3) is 3.00. The van der Waals surface area contributed by atoms with Gasteiger partial charge in [-0.1, -0.05) is 0 Å². The molecule has 0 radical (unpaired) electrons. The van der Waals surface area contributed by atoms with Gasteiger partial charge in [-0.3, -0.25) is 0 Å². The number of nitrogens with zero attached hydrogens (tertiary/aromatic N) is 2. The van der Waals surface area contributed by atoms with Gasteiger partial charge in [0, 0.05) is 24.0 Å². The molecule has 7 heteroatoms. The smallest absolute Gasteiger partial charge is 0.150 e. The van der Waals surface area contributed by atoms with E-state index in [1.54, 1.807) is 20.4 Å². The molecule has 0 atom stereocenters. The molecular weight excluding hydrogens is 328 g/mol. The number of sulfone groups is 1. The van der Waals surface area contributed by atoms with E-state index in [4.69, 9.17) is 9.47 Å². The number of methoxy groups -OCH3 is 2. The zero-order valence-corrected chi connectivity index (χ0v) is 15.0. The van der Waals surface area contributed by atoms with Crippen LogP contribution in [0, 0.1) is 6.92 Å². The van der Waals surface area contributed by atoms with Crippen LogP contribution in [0.25, 0.3) is 11.4 Å². The molecule has 0 amide bonds. The Morgan fingerprint density at radius 1 is 1.17 bits per heavy atom. The fourth-order valence-electron chi connectivity index (χ4n) is 3.31. The molecule has 1 aromatic carbocycles. The summed E-state index contributed by atoms with van der Waals surface area (Å²) in [6, 6.07) is 3.97. The number of aromatic nitrogens is 2. The maximum atomic E-state index is 11.7. The second kappa shape index (κ2) is 6.47. The van der Waals surface area contributed by atoms with E-state index in [9.17, 15) is 8.42 Å². The molecule has 1 aromatic heterocycles. The van der Waals surface area contributed by atoms with Gasteiger partial charge in [0.1, 0.15) is 27.2 Å². The predicted octanol–water partition coefficient (Wildman–Crippen LogP) is 2.63. The van der Waals surface area contributed by atoms with Gasteiger partial charge < -0.3 is 14.0 Å². The highest BCUT2D eigenvalue weighted by Crippen LogP contribution is 2.38. The van der Waals surface area contributed by atoms with Crippen LogP contribution in [0.4, 0.5) is 0 Å². The van der Waals surface area contributed by atoms with Gasteiger partial charge in [-0.25, -0.2) is 13.4 Å². The second-order valence-corrected chi connectivity index (χ2v) is 8.32. The first-order valence-corrected chi connectivity index (χ1v) is 9.74. The summed E-state index contributed by atoms with van der Waals surface area (Å²) in [5.41, 5.74) is 1.80. The van der Waals surface area contributed by atoms with Gasteiger partial charge in [-0.15, -0.1) is 0 Å². The van der Waals surface area contributed by atoms with Crippen LogP contribution in [-0.2, 0) is 9.84 Å². The molecule has 0 spiro atoms. The van der Waals surface area contributed by atoms with Crippen molar-refractivity contribution >= 4 is 9.84 Å². The fraction of sp³-hybridized carbons (Fsp3) is 0.471. The maximum absolute atomic E-state index is 11.7. The Bertz CT molecular complexity index is 828. The lowest BCUT2D eigenvalue weighted by Gasteiger charge is -2.25. The molecule has 1 aliphatic rings. The monoisotopic (exact) mass is 350 g/mol. The lowest BCUT2D eigenvalue weighted by molar-refractivity contribution is 0.389. The summed E-state index contributed by atoms with van der Waals surface area (Å²) in [6.07, 6.45) is 4.89. The van der Waals surface area contributed by atoms with E-state index in [1.165, 1.54) is 0 Å². The zero-order valence-electron chi connectivity index (χ0n) is 14.2. The molecule has 1 fully saturated rings. The molecule has 0 unspecified atom stereocenters. The Morgan fingerprint density at radius 2 is 1.88 bits per heavy atom. The molecule has 130 valence electrons. The van der Waals surface area contributed by atoms with Crippen LogP contribution < -0.4 is 9.47 Å². The van der Waals surface area contributed by atoms with E-state index in [1.807, 2.05) is 25.3 Å². The molecule has 1 aliphatic heterocycles. The molecular formula is C17H22N2O4S. The van der Waals surface area contributed by atoms with E-state index in [-0.39, 0.29) is 17.5 Å². The molecule has 0 N–H and O–H groups in total. The first-order chi connectivity index (χ1) is 11.5. The minimum atomic E-state index is -2.89. The van der Waals surface area contributed by atoms with Crippen molar-refractivity contribution in [1.82, 2.24) is 9.55 Å². The lowest BCUT2D eigenvalue weighted by atomic mass is 10.1. The fourth-order valence-corrected chi connectivity index (χ4v) is 4.77. The van der Waals surface area contributed by atoms with Crippen molar-refractivity contribution in [2.45, 2.75) is 25.8 Å². The van der Waals surface area contributed by atoms with Gasteiger partial charge in [-0.05, 0) is 31.9 Å². The van der Waals surface area contributed by atoms with Gasteiger partial charge in [0.15, 0.2) is 0 Å². The van der Waals surface area contributed by atoms with E-state index in [0.29, 0.717) is 12.8 Å². The molecule has 2 aromatic rings.